The van der Waals surface area contributed by atoms with Gasteiger partial charge in [0.15, 0.2) is 5.79 Å². The van der Waals surface area contributed by atoms with E-state index in [2.05, 4.69) is 0 Å². The molecule has 0 saturated carbocycles. The molecule has 0 radical (unpaired) electrons. The first-order chi connectivity index (χ1) is 5.41. The normalized spacial score (nSPS) is 50.9. The number of hydrogen-bond donors (Lipinski definition) is 0. The molecule has 0 spiro atoms. The maximum absolute atomic E-state index is 11.2. The molecule has 0 aromatic carbocycles. The number of ether oxygens (including phenoxy) is 2. The van der Waals surface area contributed by atoms with Crippen LogP contribution in [0.3, 0.4) is 0 Å². The summed E-state index contributed by atoms with van der Waals surface area (Å²) in [6.07, 6.45) is 0.0216. The second-order valence-corrected chi connectivity index (χ2v) is 5.67. The van der Waals surface area contributed by atoms with Crippen molar-refractivity contribution in [1.29, 1.82) is 0 Å². The van der Waals surface area contributed by atoms with Gasteiger partial charge in [0.05, 0.1) is 11.5 Å². The van der Waals surface area contributed by atoms with Gasteiger partial charge in [-0.1, -0.05) is 0 Å². The van der Waals surface area contributed by atoms with E-state index in [0.717, 1.165) is 0 Å². The largest absolute Gasteiger partial charge is 0.343 e. The molecule has 0 aromatic heterocycles. The van der Waals surface area contributed by atoms with Crippen molar-refractivity contribution in [2.24, 2.45) is 0 Å². The lowest BCUT2D eigenvalue weighted by Crippen LogP contribution is -2.35. The first-order valence-electron chi connectivity index (χ1n) is 4.14. The van der Waals surface area contributed by atoms with Gasteiger partial charge < -0.3 is 9.47 Å². The highest BCUT2D eigenvalue weighted by atomic mass is 32.2. The number of fused-ring (bicyclic) bond motifs is 1. The second-order valence-electron chi connectivity index (χ2n) is 4.17. The van der Waals surface area contributed by atoms with E-state index in [1.807, 2.05) is 20.8 Å². The zero-order valence-electron chi connectivity index (χ0n) is 7.62. The summed E-state index contributed by atoms with van der Waals surface area (Å²) in [6.45, 7) is 5.79. The zero-order chi connectivity index (χ0) is 8.98. The van der Waals surface area contributed by atoms with Crippen LogP contribution in [0.1, 0.15) is 20.8 Å². The summed E-state index contributed by atoms with van der Waals surface area (Å²) in [5, 5.41) is 0. The third-order valence-corrected chi connectivity index (χ3v) is 3.94. The molecule has 2 aliphatic rings. The van der Waals surface area contributed by atoms with Crippen LogP contribution in [-0.2, 0) is 20.3 Å². The number of rotatable bonds is 0. The third kappa shape index (κ3) is 1.22. The predicted octanol–water partition coefficient (Wildman–Crippen LogP) is 0.659. The smallest absolute Gasteiger partial charge is 0.164 e. The van der Waals surface area contributed by atoms with Gasteiger partial charge in [0.1, 0.15) is 11.7 Å². The standard InChI is InChI=1S/C8H14O3S/c1-7(2)10-6-4-12(9)5-8(6,3)11-7/h6H,4-5H2,1-3H3/t6-,8+,12-/m0/s1. The zero-order valence-corrected chi connectivity index (χ0v) is 8.44. The minimum Gasteiger partial charge on any atom is -0.343 e. The van der Waals surface area contributed by atoms with Crippen LogP contribution in [0.25, 0.3) is 0 Å². The minimum atomic E-state index is -0.754. The molecule has 12 heavy (non-hydrogen) atoms. The van der Waals surface area contributed by atoms with Gasteiger partial charge in [0.25, 0.3) is 0 Å². The quantitative estimate of drug-likeness (QED) is 0.563. The molecular weight excluding hydrogens is 176 g/mol. The van der Waals surface area contributed by atoms with Gasteiger partial charge >= 0.3 is 0 Å². The van der Waals surface area contributed by atoms with Crippen molar-refractivity contribution >= 4 is 10.8 Å². The van der Waals surface area contributed by atoms with Crippen molar-refractivity contribution in [1.82, 2.24) is 0 Å². The van der Waals surface area contributed by atoms with Crippen LogP contribution in [0.4, 0.5) is 0 Å². The Bertz CT molecular complexity index is 238. The van der Waals surface area contributed by atoms with Gasteiger partial charge in [0, 0.05) is 10.8 Å². The molecule has 2 fully saturated rings. The summed E-state index contributed by atoms with van der Waals surface area (Å²) >= 11 is 0. The van der Waals surface area contributed by atoms with E-state index >= 15 is 0 Å². The fraction of sp³-hybridized carbons (Fsp3) is 1.00. The second kappa shape index (κ2) is 2.30. The monoisotopic (exact) mass is 190 g/mol. The molecular formula is C8H14O3S. The van der Waals surface area contributed by atoms with Crippen LogP contribution in [0, 0.1) is 0 Å². The Morgan fingerprint density at radius 2 is 2.08 bits per heavy atom. The topological polar surface area (TPSA) is 35.5 Å². The third-order valence-electron chi connectivity index (χ3n) is 2.37. The maximum Gasteiger partial charge on any atom is 0.164 e. The Balaban J connectivity index is 2.22. The van der Waals surface area contributed by atoms with Crippen molar-refractivity contribution in [3.63, 3.8) is 0 Å². The molecule has 3 nitrogen and oxygen atoms in total. The van der Waals surface area contributed by atoms with Crippen molar-refractivity contribution in [3.05, 3.63) is 0 Å². The SMILES string of the molecule is CC1(C)O[C@H]2C[S@](=O)C[C@@]2(C)O1. The van der Waals surface area contributed by atoms with Crippen LogP contribution in [0.5, 0.6) is 0 Å². The molecule has 2 aliphatic heterocycles. The van der Waals surface area contributed by atoms with E-state index in [9.17, 15) is 4.21 Å². The minimum absolute atomic E-state index is 0.0216. The average molecular weight is 190 g/mol. The van der Waals surface area contributed by atoms with E-state index in [-0.39, 0.29) is 11.7 Å². The summed E-state index contributed by atoms with van der Waals surface area (Å²) in [5.74, 6) is 0.741. The lowest BCUT2D eigenvalue weighted by molar-refractivity contribution is -0.156. The Morgan fingerprint density at radius 3 is 2.67 bits per heavy atom. The van der Waals surface area contributed by atoms with Crippen LogP contribution in [-0.4, -0.2) is 33.2 Å². The van der Waals surface area contributed by atoms with Crippen molar-refractivity contribution in [2.45, 2.75) is 38.3 Å². The summed E-state index contributed by atoms with van der Waals surface area (Å²) in [5.41, 5.74) is -0.311. The lowest BCUT2D eigenvalue weighted by atomic mass is 10.0. The van der Waals surface area contributed by atoms with E-state index in [0.29, 0.717) is 11.5 Å². The van der Waals surface area contributed by atoms with Crippen molar-refractivity contribution < 1.29 is 13.7 Å². The van der Waals surface area contributed by atoms with Crippen LogP contribution >= 0.6 is 0 Å². The fourth-order valence-corrected chi connectivity index (χ4v) is 3.76. The molecule has 4 heteroatoms. The van der Waals surface area contributed by atoms with Gasteiger partial charge in [-0.2, -0.15) is 0 Å². The van der Waals surface area contributed by atoms with Crippen molar-refractivity contribution in [2.75, 3.05) is 11.5 Å². The van der Waals surface area contributed by atoms with E-state index in [1.54, 1.807) is 0 Å². The van der Waals surface area contributed by atoms with E-state index < -0.39 is 16.6 Å². The van der Waals surface area contributed by atoms with Crippen LogP contribution in [0.2, 0.25) is 0 Å². The van der Waals surface area contributed by atoms with Gasteiger partial charge in [0.2, 0.25) is 0 Å². The molecule has 3 atom stereocenters. The Morgan fingerprint density at radius 1 is 1.42 bits per heavy atom. The molecule has 70 valence electrons. The molecule has 2 heterocycles. The summed E-state index contributed by atoms with van der Waals surface area (Å²) < 4.78 is 22.6. The molecule has 0 bridgehead atoms. The first kappa shape index (κ1) is 8.66. The highest BCUT2D eigenvalue weighted by molar-refractivity contribution is 7.85. The summed E-state index contributed by atoms with van der Waals surface area (Å²) in [7, 11) is -0.754. The van der Waals surface area contributed by atoms with Crippen molar-refractivity contribution in [3.8, 4) is 0 Å². The summed E-state index contributed by atoms with van der Waals surface area (Å²) in [4.78, 5) is 0. The van der Waals surface area contributed by atoms with Gasteiger partial charge in [-0.15, -0.1) is 0 Å². The Labute approximate surface area is 74.9 Å². The Kier molecular flexibility index (Phi) is 1.66. The molecule has 0 amide bonds. The maximum atomic E-state index is 11.2. The highest BCUT2D eigenvalue weighted by Gasteiger charge is 2.55. The lowest BCUT2D eigenvalue weighted by Gasteiger charge is -2.22. The first-order valence-corrected chi connectivity index (χ1v) is 5.63. The van der Waals surface area contributed by atoms with Crippen LogP contribution < -0.4 is 0 Å². The molecule has 0 aromatic rings. The Hall–Kier alpha value is 0.0700. The summed E-state index contributed by atoms with van der Waals surface area (Å²) in [6, 6.07) is 0. The number of hydrogen-bond acceptors (Lipinski definition) is 3. The highest BCUT2D eigenvalue weighted by Crippen LogP contribution is 2.40. The fourth-order valence-electron chi connectivity index (χ4n) is 2.00. The predicted molar refractivity (Wildman–Crippen MR) is 46.3 cm³/mol. The molecule has 0 unspecified atom stereocenters. The molecule has 2 saturated heterocycles. The van der Waals surface area contributed by atoms with Gasteiger partial charge in [-0.25, -0.2) is 0 Å². The molecule has 2 rings (SSSR count). The average Bonchev–Trinajstić information content (AvgIpc) is 2.11. The van der Waals surface area contributed by atoms with Crippen LogP contribution in [0.15, 0.2) is 0 Å². The van der Waals surface area contributed by atoms with Gasteiger partial charge in [-0.3, -0.25) is 4.21 Å². The van der Waals surface area contributed by atoms with Gasteiger partial charge in [-0.05, 0) is 20.8 Å². The molecule has 0 aliphatic carbocycles. The van der Waals surface area contributed by atoms with E-state index in [4.69, 9.17) is 9.47 Å². The van der Waals surface area contributed by atoms with E-state index in [1.165, 1.54) is 0 Å². The molecule has 0 N–H and O–H groups in total.